The summed E-state index contributed by atoms with van der Waals surface area (Å²) in [7, 11) is 1.80. The van der Waals surface area contributed by atoms with Crippen molar-refractivity contribution in [3.63, 3.8) is 0 Å². The molecule has 1 heterocycles. The Morgan fingerprint density at radius 1 is 0.962 bits per heavy atom. The van der Waals surface area contributed by atoms with Gasteiger partial charge in [0.1, 0.15) is 12.2 Å². The Labute approximate surface area is 155 Å². The topological polar surface area (TPSA) is 40.6 Å². The van der Waals surface area contributed by atoms with E-state index in [9.17, 15) is 9.59 Å². The smallest absolute Gasteiger partial charge is 0.256 e. The first-order valence-electron chi connectivity index (χ1n) is 8.99. The number of hydrogen-bond donors (Lipinski definition) is 0. The summed E-state index contributed by atoms with van der Waals surface area (Å²) in [5.41, 5.74) is 1.42. The van der Waals surface area contributed by atoms with Crippen LogP contribution in [0.25, 0.3) is 0 Å². The van der Waals surface area contributed by atoms with Crippen LogP contribution in [0.4, 0.5) is 0 Å². The lowest BCUT2D eigenvalue weighted by Crippen LogP contribution is -2.51. The number of hydrogen-bond acceptors (Lipinski definition) is 2. The van der Waals surface area contributed by atoms with Gasteiger partial charge in [0, 0.05) is 24.4 Å². The van der Waals surface area contributed by atoms with E-state index in [-0.39, 0.29) is 23.4 Å². The van der Waals surface area contributed by atoms with Crippen LogP contribution >= 0.6 is 0 Å². The van der Waals surface area contributed by atoms with Crippen LogP contribution in [-0.4, -0.2) is 40.9 Å². The number of rotatable bonds is 3. The van der Waals surface area contributed by atoms with Crippen molar-refractivity contribution in [2.24, 2.45) is 5.41 Å². The highest BCUT2D eigenvalue weighted by molar-refractivity contribution is 5.99. The van der Waals surface area contributed by atoms with E-state index in [4.69, 9.17) is 0 Å². The molecule has 0 spiro atoms. The number of benzene rings is 2. The maximum Gasteiger partial charge on any atom is 0.256 e. The molecule has 136 valence electrons. The largest absolute Gasteiger partial charge is 0.323 e. The molecule has 0 radical (unpaired) electrons. The van der Waals surface area contributed by atoms with Crippen LogP contribution in [0.15, 0.2) is 60.7 Å². The number of carbonyl (C=O) groups excluding carboxylic acids is 2. The molecular formula is C22H26N2O2. The zero-order valence-corrected chi connectivity index (χ0v) is 15.8. The lowest BCUT2D eigenvalue weighted by atomic mass is 9.90. The van der Waals surface area contributed by atoms with Crippen molar-refractivity contribution in [3.8, 4) is 0 Å². The summed E-state index contributed by atoms with van der Waals surface area (Å²) in [4.78, 5) is 29.9. The summed E-state index contributed by atoms with van der Waals surface area (Å²) < 4.78 is 0. The Kier molecular flexibility index (Phi) is 4.86. The van der Waals surface area contributed by atoms with Crippen molar-refractivity contribution in [1.82, 2.24) is 9.80 Å². The SMILES string of the molecule is CN1C(=O)[C@H](Cc2ccccc2)N(C(=O)c2ccccc2)[C@H]1C(C)(C)C. The van der Waals surface area contributed by atoms with E-state index in [2.05, 4.69) is 20.8 Å². The summed E-state index contributed by atoms with van der Waals surface area (Å²) in [6.45, 7) is 6.20. The van der Waals surface area contributed by atoms with Crippen LogP contribution in [0, 0.1) is 5.41 Å². The van der Waals surface area contributed by atoms with Gasteiger partial charge in [-0.05, 0) is 17.7 Å². The Balaban J connectivity index is 2.02. The molecule has 4 nitrogen and oxygen atoms in total. The molecule has 2 atom stereocenters. The molecule has 3 rings (SSSR count). The molecule has 1 aliphatic rings. The van der Waals surface area contributed by atoms with Gasteiger partial charge in [0.15, 0.2) is 0 Å². The summed E-state index contributed by atoms with van der Waals surface area (Å²) in [6, 6.07) is 18.6. The molecule has 26 heavy (non-hydrogen) atoms. The fourth-order valence-corrected chi connectivity index (χ4v) is 3.84. The van der Waals surface area contributed by atoms with Gasteiger partial charge in [-0.25, -0.2) is 0 Å². The first-order valence-corrected chi connectivity index (χ1v) is 8.99. The molecule has 2 aromatic carbocycles. The molecule has 2 amide bonds. The maximum atomic E-state index is 13.3. The zero-order chi connectivity index (χ0) is 18.9. The molecule has 0 saturated carbocycles. The van der Waals surface area contributed by atoms with E-state index in [1.165, 1.54) is 0 Å². The summed E-state index contributed by atoms with van der Waals surface area (Å²) in [5, 5.41) is 0. The van der Waals surface area contributed by atoms with Gasteiger partial charge in [-0.1, -0.05) is 69.3 Å². The Morgan fingerprint density at radius 3 is 2.04 bits per heavy atom. The van der Waals surface area contributed by atoms with Crippen LogP contribution in [-0.2, 0) is 11.2 Å². The van der Waals surface area contributed by atoms with Crippen molar-refractivity contribution in [2.75, 3.05) is 7.05 Å². The number of nitrogens with zero attached hydrogens (tertiary/aromatic N) is 2. The van der Waals surface area contributed by atoms with Gasteiger partial charge in [-0.15, -0.1) is 0 Å². The standard InChI is InChI=1S/C22H26N2O2/c1-22(2,3)21-23(4)20(26)18(15-16-11-7-5-8-12-16)24(21)19(25)17-13-9-6-10-14-17/h5-14,18,21H,15H2,1-4H3/t18-,21-/m0/s1. The van der Waals surface area contributed by atoms with Gasteiger partial charge < -0.3 is 9.80 Å². The predicted molar refractivity (Wildman–Crippen MR) is 103 cm³/mol. The predicted octanol–water partition coefficient (Wildman–Crippen LogP) is 3.58. The molecule has 1 aliphatic heterocycles. The van der Waals surface area contributed by atoms with Crippen molar-refractivity contribution in [1.29, 1.82) is 0 Å². The third-order valence-corrected chi connectivity index (χ3v) is 4.90. The van der Waals surface area contributed by atoms with Crippen LogP contribution in [0.5, 0.6) is 0 Å². The molecule has 0 N–H and O–H groups in total. The minimum Gasteiger partial charge on any atom is -0.323 e. The molecule has 0 aliphatic carbocycles. The van der Waals surface area contributed by atoms with Gasteiger partial charge in [0.2, 0.25) is 5.91 Å². The molecule has 2 aromatic rings. The molecule has 0 unspecified atom stereocenters. The molecule has 1 fully saturated rings. The summed E-state index contributed by atoms with van der Waals surface area (Å²) in [5.74, 6) is -0.0952. The van der Waals surface area contributed by atoms with E-state index in [1.807, 2.05) is 60.7 Å². The van der Waals surface area contributed by atoms with Crippen LogP contribution in [0.2, 0.25) is 0 Å². The van der Waals surface area contributed by atoms with Crippen LogP contribution in [0.3, 0.4) is 0 Å². The number of carbonyl (C=O) groups is 2. The Morgan fingerprint density at radius 2 is 1.50 bits per heavy atom. The minimum absolute atomic E-state index is 0.00180. The number of amides is 2. The molecule has 4 heteroatoms. The van der Waals surface area contributed by atoms with E-state index in [0.29, 0.717) is 12.0 Å². The fourth-order valence-electron chi connectivity index (χ4n) is 3.84. The normalized spacial score (nSPS) is 20.5. The lowest BCUT2D eigenvalue weighted by Gasteiger charge is -2.39. The molecular weight excluding hydrogens is 324 g/mol. The second kappa shape index (κ2) is 6.94. The minimum atomic E-state index is -0.487. The van der Waals surface area contributed by atoms with E-state index in [0.717, 1.165) is 5.56 Å². The Bertz CT molecular complexity index is 781. The first-order chi connectivity index (χ1) is 12.3. The highest BCUT2D eigenvalue weighted by Crippen LogP contribution is 2.36. The van der Waals surface area contributed by atoms with Crippen LogP contribution in [0.1, 0.15) is 36.7 Å². The van der Waals surface area contributed by atoms with Crippen LogP contribution < -0.4 is 0 Å². The quantitative estimate of drug-likeness (QED) is 0.849. The third-order valence-electron chi connectivity index (χ3n) is 4.90. The zero-order valence-electron chi connectivity index (χ0n) is 15.8. The molecule has 0 bridgehead atoms. The van der Waals surface area contributed by atoms with Gasteiger partial charge in [-0.2, -0.15) is 0 Å². The highest BCUT2D eigenvalue weighted by atomic mass is 16.2. The van der Waals surface area contributed by atoms with Gasteiger partial charge in [0.05, 0.1) is 0 Å². The van der Waals surface area contributed by atoms with E-state index < -0.39 is 6.04 Å². The van der Waals surface area contributed by atoms with Crippen molar-refractivity contribution >= 4 is 11.8 Å². The monoisotopic (exact) mass is 350 g/mol. The maximum absolute atomic E-state index is 13.3. The Hall–Kier alpha value is -2.62. The average Bonchev–Trinajstić information content (AvgIpc) is 2.87. The van der Waals surface area contributed by atoms with E-state index >= 15 is 0 Å². The highest BCUT2D eigenvalue weighted by Gasteiger charge is 2.51. The van der Waals surface area contributed by atoms with Gasteiger partial charge in [-0.3, -0.25) is 9.59 Å². The third kappa shape index (κ3) is 3.36. The van der Waals surface area contributed by atoms with Gasteiger partial charge in [0.25, 0.3) is 5.91 Å². The van der Waals surface area contributed by atoms with Crippen molar-refractivity contribution < 1.29 is 9.59 Å². The number of likely N-dealkylation sites (N-methyl/N-ethyl adjacent to an activating group) is 1. The van der Waals surface area contributed by atoms with Crippen molar-refractivity contribution in [2.45, 2.75) is 39.4 Å². The van der Waals surface area contributed by atoms with E-state index in [1.54, 1.807) is 16.8 Å². The molecule has 0 aromatic heterocycles. The lowest BCUT2D eigenvalue weighted by molar-refractivity contribution is -0.129. The van der Waals surface area contributed by atoms with Gasteiger partial charge >= 0.3 is 0 Å². The fraction of sp³-hybridized carbons (Fsp3) is 0.364. The second-order valence-electron chi connectivity index (χ2n) is 7.97. The summed E-state index contributed by atoms with van der Waals surface area (Å²) >= 11 is 0. The first kappa shape index (κ1) is 18.2. The summed E-state index contributed by atoms with van der Waals surface area (Å²) in [6.07, 6.45) is 0.242. The molecule has 1 saturated heterocycles. The van der Waals surface area contributed by atoms with Crippen molar-refractivity contribution in [3.05, 3.63) is 71.8 Å². The average molecular weight is 350 g/mol. The second-order valence-corrected chi connectivity index (χ2v) is 7.97.